The number of halogens is 1. The first kappa shape index (κ1) is 19.3. The van der Waals surface area contributed by atoms with Crippen molar-refractivity contribution in [3.8, 4) is 22.6 Å². The van der Waals surface area contributed by atoms with Crippen LogP contribution in [0.3, 0.4) is 0 Å². The van der Waals surface area contributed by atoms with Crippen LogP contribution < -0.4 is 15.0 Å². The molecule has 0 amide bonds. The molecule has 0 aliphatic heterocycles. The van der Waals surface area contributed by atoms with Gasteiger partial charge in [0.1, 0.15) is 16.5 Å². The third-order valence-corrected chi connectivity index (χ3v) is 4.75. The summed E-state index contributed by atoms with van der Waals surface area (Å²) in [5.41, 5.74) is 0.866. The Morgan fingerprint density at radius 3 is 2.60 bits per heavy atom. The number of aromatic hydroxyl groups is 1. The van der Waals surface area contributed by atoms with Crippen molar-refractivity contribution in [1.29, 1.82) is 0 Å². The number of fused-ring (bicyclic) bond motifs is 1. The van der Waals surface area contributed by atoms with E-state index in [4.69, 9.17) is 16.3 Å². The van der Waals surface area contributed by atoms with Crippen molar-refractivity contribution >= 4 is 39.7 Å². The monoisotopic (exact) mass is 428 g/mol. The first-order valence-corrected chi connectivity index (χ1v) is 8.87. The fraction of sp³-hybridized carbons (Fsp3) is 0.0526. The molecule has 0 unspecified atom stereocenters. The summed E-state index contributed by atoms with van der Waals surface area (Å²) in [6.45, 7) is 0. The zero-order chi connectivity index (χ0) is 21.4. The summed E-state index contributed by atoms with van der Waals surface area (Å²) in [6.07, 6.45) is 0. The van der Waals surface area contributed by atoms with Gasteiger partial charge in [0.2, 0.25) is 5.52 Å². The van der Waals surface area contributed by atoms with Crippen LogP contribution in [0.5, 0.6) is 11.5 Å². The van der Waals surface area contributed by atoms with E-state index in [0.717, 1.165) is 11.6 Å². The van der Waals surface area contributed by atoms with Crippen LogP contribution in [0.1, 0.15) is 0 Å². The van der Waals surface area contributed by atoms with Crippen molar-refractivity contribution in [2.45, 2.75) is 0 Å². The molecule has 0 atom stereocenters. The van der Waals surface area contributed by atoms with Crippen LogP contribution in [0.15, 0.2) is 53.2 Å². The molecule has 152 valence electrons. The molecule has 0 radical (unpaired) electrons. The van der Waals surface area contributed by atoms with E-state index in [1.165, 1.54) is 6.07 Å². The number of ether oxygens (including phenoxy) is 1. The maximum Gasteiger partial charge on any atom is 0.316 e. The number of hydrogen-bond acceptors (Lipinski definition) is 8. The summed E-state index contributed by atoms with van der Waals surface area (Å²) >= 11 is 6.00. The van der Waals surface area contributed by atoms with E-state index < -0.39 is 10.6 Å². The number of methoxy groups -OCH3 is 1. The molecule has 10 nitrogen and oxygen atoms in total. The molecule has 0 fully saturated rings. The van der Waals surface area contributed by atoms with Gasteiger partial charge in [0.05, 0.1) is 12.0 Å². The van der Waals surface area contributed by atoms with E-state index in [-0.39, 0.29) is 32.4 Å². The fourth-order valence-electron chi connectivity index (χ4n) is 3.04. The van der Waals surface area contributed by atoms with Crippen LogP contribution in [-0.2, 0) is 0 Å². The molecular weight excluding hydrogens is 416 g/mol. The molecule has 1 aromatic heterocycles. The van der Waals surface area contributed by atoms with Gasteiger partial charge in [-0.15, -0.1) is 0 Å². The van der Waals surface area contributed by atoms with Crippen LogP contribution in [0, 0.1) is 15.3 Å². The maximum absolute atomic E-state index is 11.7. The first-order valence-electron chi connectivity index (χ1n) is 8.50. The normalized spacial score (nSPS) is 10.9. The molecule has 4 aromatic rings. The highest BCUT2D eigenvalue weighted by Crippen LogP contribution is 2.40. The average Bonchev–Trinajstić information content (AvgIpc) is 3.08. The van der Waals surface area contributed by atoms with E-state index in [1.54, 1.807) is 43.5 Å². The quantitative estimate of drug-likeness (QED) is 0.274. The Morgan fingerprint density at radius 1 is 1.23 bits per heavy atom. The second-order valence-electron chi connectivity index (χ2n) is 6.22. The van der Waals surface area contributed by atoms with Gasteiger partial charge in [0.15, 0.2) is 5.69 Å². The molecule has 0 saturated heterocycles. The minimum Gasteiger partial charge on any atom is -0.507 e. The number of nitro groups is 1. The van der Waals surface area contributed by atoms with Crippen molar-refractivity contribution in [2.75, 3.05) is 12.4 Å². The molecule has 0 saturated carbocycles. The third kappa shape index (κ3) is 3.29. The van der Waals surface area contributed by atoms with Crippen molar-refractivity contribution in [1.82, 2.24) is 5.16 Å². The third-order valence-electron chi connectivity index (χ3n) is 4.46. The predicted octanol–water partition coefficient (Wildman–Crippen LogP) is 4.15. The second-order valence-corrected chi connectivity index (χ2v) is 6.63. The van der Waals surface area contributed by atoms with Crippen LogP contribution >= 0.6 is 11.6 Å². The Kier molecular flexibility index (Phi) is 4.76. The van der Waals surface area contributed by atoms with Gasteiger partial charge in [-0.2, -0.15) is 0 Å². The molecular formula is C19H13ClN4O6. The first-order chi connectivity index (χ1) is 14.4. The summed E-state index contributed by atoms with van der Waals surface area (Å²) in [5.74, 6) is 0.613. The zero-order valence-corrected chi connectivity index (χ0v) is 16.1. The van der Waals surface area contributed by atoms with Crippen molar-refractivity contribution in [3.63, 3.8) is 0 Å². The van der Waals surface area contributed by atoms with Crippen molar-refractivity contribution < 1.29 is 24.3 Å². The van der Waals surface area contributed by atoms with E-state index in [1.807, 2.05) is 0 Å². The topological polar surface area (TPSA) is 138 Å². The molecule has 0 aliphatic rings. The molecule has 11 heteroatoms. The number of benzene rings is 3. The summed E-state index contributed by atoms with van der Waals surface area (Å²) < 4.78 is 9.65. The van der Waals surface area contributed by atoms with Gasteiger partial charge in [0, 0.05) is 28.5 Å². The maximum atomic E-state index is 11.7. The van der Waals surface area contributed by atoms with Gasteiger partial charge in [0.25, 0.3) is 5.52 Å². The molecule has 0 aliphatic carbocycles. The second kappa shape index (κ2) is 7.41. The SMILES string of the molecule is COc1ccc(-c2ccc(Nc3c([N+](=O)[O-])c(Cl)cc4c3no[n+]4[O-])cc2O)cc1. The number of nitrogens with one attached hydrogen (secondary N) is 1. The number of phenolic OH excluding ortho intramolecular Hbond substituents is 1. The highest BCUT2D eigenvalue weighted by atomic mass is 35.5. The van der Waals surface area contributed by atoms with Gasteiger partial charge in [-0.3, -0.25) is 14.7 Å². The van der Waals surface area contributed by atoms with E-state index in [9.17, 15) is 20.4 Å². The molecule has 0 spiro atoms. The van der Waals surface area contributed by atoms with Gasteiger partial charge < -0.3 is 20.4 Å². The van der Waals surface area contributed by atoms with Crippen LogP contribution in [0.2, 0.25) is 5.02 Å². The molecule has 0 bridgehead atoms. The van der Waals surface area contributed by atoms with Crippen molar-refractivity contribution in [2.24, 2.45) is 0 Å². The Hall–Kier alpha value is -4.05. The number of aromatic nitrogens is 2. The standard InChI is InChI=1S/C19H13ClN4O6/c1-29-12-5-2-10(3-6-12)13-7-4-11(8-16(13)25)21-18-17-15(24(28)30-22-17)9-14(20)19(18)23(26)27/h2-9,21,25H,1H3. The summed E-state index contributed by atoms with van der Waals surface area (Å²) in [5, 5.41) is 39.8. The van der Waals surface area contributed by atoms with Gasteiger partial charge >= 0.3 is 5.69 Å². The molecule has 1 heterocycles. The average molecular weight is 429 g/mol. The van der Waals surface area contributed by atoms with E-state index >= 15 is 0 Å². The summed E-state index contributed by atoms with van der Waals surface area (Å²) in [4.78, 5) is 10.9. The van der Waals surface area contributed by atoms with Gasteiger partial charge in [-0.25, -0.2) is 0 Å². The Bertz CT molecular complexity index is 1270. The van der Waals surface area contributed by atoms with Crippen LogP contribution in [-0.4, -0.2) is 22.3 Å². The lowest BCUT2D eigenvalue weighted by atomic mass is 10.0. The Balaban J connectivity index is 1.76. The molecule has 2 N–H and O–H groups in total. The fourth-order valence-corrected chi connectivity index (χ4v) is 3.30. The highest BCUT2D eigenvalue weighted by molar-refractivity contribution is 6.34. The molecule has 4 rings (SSSR count). The zero-order valence-electron chi connectivity index (χ0n) is 15.3. The lowest BCUT2D eigenvalue weighted by molar-refractivity contribution is -0.782. The number of hydrogen-bond donors (Lipinski definition) is 2. The smallest absolute Gasteiger partial charge is 0.316 e. The lowest BCUT2D eigenvalue weighted by Gasteiger charge is -2.10. The number of nitrogens with zero attached hydrogens (tertiary/aromatic N) is 3. The number of nitro benzene ring substituents is 1. The van der Waals surface area contributed by atoms with Gasteiger partial charge in [-0.1, -0.05) is 23.7 Å². The largest absolute Gasteiger partial charge is 0.507 e. The molecule has 3 aromatic carbocycles. The minimum atomic E-state index is -0.695. The lowest BCUT2D eigenvalue weighted by Crippen LogP contribution is -2.22. The highest BCUT2D eigenvalue weighted by Gasteiger charge is 2.29. The minimum absolute atomic E-state index is 0.0647. The van der Waals surface area contributed by atoms with Gasteiger partial charge in [-0.05, 0) is 34.7 Å². The van der Waals surface area contributed by atoms with Crippen LogP contribution in [0.25, 0.3) is 22.2 Å². The van der Waals surface area contributed by atoms with Crippen LogP contribution in [0.4, 0.5) is 17.1 Å². The number of rotatable bonds is 5. The van der Waals surface area contributed by atoms with E-state index in [0.29, 0.717) is 17.0 Å². The number of phenols is 1. The summed E-state index contributed by atoms with van der Waals surface area (Å²) in [6, 6.07) is 12.8. The molecule has 30 heavy (non-hydrogen) atoms. The summed E-state index contributed by atoms with van der Waals surface area (Å²) in [7, 11) is 1.56. The van der Waals surface area contributed by atoms with Crippen molar-refractivity contribution in [3.05, 3.63) is 68.9 Å². The predicted molar refractivity (Wildman–Crippen MR) is 108 cm³/mol. The number of anilines is 2. The van der Waals surface area contributed by atoms with E-state index in [2.05, 4.69) is 15.1 Å². The Labute approximate surface area is 173 Å². The Morgan fingerprint density at radius 2 is 1.97 bits per heavy atom.